The fourth-order valence-electron chi connectivity index (χ4n) is 7.07. The number of hydrogen-bond acceptors (Lipinski definition) is 3. The largest absolute Gasteiger partial charge is 0.512 e. The number of aromatic nitrogens is 2. The average molecular weight is 810 g/mol. The predicted octanol–water partition coefficient (Wildman–Crippen LogP) is 10.7. The molecule has 6 aromatic rings. The van der Waals surface area contributed by atoms with Crippen LogP contribution in [0.3, 0.4) is 0 Å². The van der Waals surface area contributed by atoms with Gasteiger partial charge in [0.15, 0.2) is 5.78 Å². The van der Waals surface area contributed by atoms with Gasteiger partial charge in [0.2, 0.25) is 0 Å². The summed E-state index contributed by atoms with van der Waals surface area (Å²) in [6.07, 6.45) is 7.71. The number of aliphatic hydroxyl groups is 1. The zero-order valence-corrected chi connectivity index (χ0v) is 32.4. The Kier molecular flexibility index (Phi) is 10.9. The Morgan fingerprint density at radius 1 is 0.957 bits per heavy atom. The first kappa shape index (κ1) is 35.8. The zero-order valence-electron chi connectivity index (χ0n) is 29.0. The summed E-state index contributed by atoms with van der Waals surface area (Å²) in [7, 11) is -1.46. The number of rotatable bonds is 9. The van der Waals surface area contributed by atoms with Gasteiger partial charge in [0.1, 0.15) is 0 Å². The number of fused-ring (bicyclic) bond motifs is 5. The molecule has 1 radical (unpaired) electrons. The van der Waals surface area contributed by atoms with Crippen molar-refractivity contribution in [1.82, 2.24) is 9.38 Å². The SMILES string of the molecule is CCC(CC)/C(O)=C/C(=O)C(CC)(CC)CC.Cc1[c-]c2c3nccc4cc([Si](C)(C)C)cc(c43)n3c4ccccc4c(c1)c23.[Ir]. The van der Waals surface area contributed by atoms with Crippen LogP contribution >= 0.6 is 0 Å². The Morgan fingerprint density at radius 3 is 2.22 bits per heavy atom. The molecule has 3 aromatic carbocycles. The average Bonchev–Trinajstić information content (AvgIpc) is 3.35. The number of para-hydroxylation sites is 1. The first-order valence-electron chi connectivity index (χ1n) is 16.8. The summed E-state index contributed by atoms with van der Waals surface area (Å²) in [5.74, 6) is 0.483. The van der Waals surface area contributed by atoms with E-state index in [9.17, 15) is 9.90 Å². The number of allylic oxidation sites excluding steroid dienone is 2. The maximum absolute atomic E-state index is 12.3. The molecule has 0 atom stereocenters. The van der Waals surface area contributed by atoms with Crippen molar-refractivity contribution in [3.63, 3.8) is 0 Å². The van der Waals surface area contributed by atoms with Gasteiger partial charge in [-0.2, -0.15) is 0 Å². The number of benzene rings is 3. The van der Waals surface area contributed by atoms with Crippen LogP contribution in [0.4, 0.5) is 0 Å². The molecule has 1 N–H and O–H groups in total. The summed E-state index contributed by atoms with van der Waals surface area (Å²) >= 11 is 0. The van der Waals surface area contributed by atoms with Gasteiger partial charge < -0.3 is 14.5 Å². The van der Waals surface area contributed by atoms with E-state index in [1.165, 1.54) is 49.4 Å². The molecular weight excluding hydrogens is 761 g/mol. The van der Waals surface area contributed by atoms with Crippen molar-refractivity contribution >= 4 is 68.0 Å². The number of ketones is 1. The standard InChI is InChI=1S/C25H21N2Si.C15H28O2.Ir/c1-15-11-19-18-7-5-6-8-21(18)27-22-14-17(28(2,3)4)13-16-9-10-26-24(23(16)22)20(12-15)25(19)27;1-6-12(7-2)13(16)11-14(17)15(8-3,9-4)10-5;/h5-11,13-14H,1-4H3;11-12,16H,6-10H2,1-5H3;/q-1;;/b;13-11-;. The number of aryl methyl sites for hydroxylation is 1. The van der Waals surface area contributed by atoms with Crippen molar-refractivity contribution in [3.05, 3.63) is 78.2 Å². The fraction of sp³-hybridized carbons (Fsp3) is 0.400. The first-order valence-corrected chi connectivity index (χ1v) is 20.3. The molecule has 0 saturated carbocycles. The van der Waals surface area contributed by atoms with Crippen LogP contribution in [0.1, 0.15) is 72.3 Å². The molecule has 0 aliphatic rings. The summed E-state index contributed by atoms with van der Waals surface area (Å²) in [5.41, 5.74) is 5.73. The van der Waals surface area contributed by atoms with Crippen LogP contribution < -0.4 is 5.19 Å². The summed E-state index contributed by atoms with van der Waals surface area (Å²) in [6, 6.07) is 21.6. The van der Waals surface area contributed by atoms with E-state index in [4.69, 9.17) is 4.98 Å². The van der Waals surface area contributed by atoms with Gasteiger partial charge in [-0.05, 0) is 77.5 Å². The van der Waals surface area contributed by atoms with Crippen molar-refractivity contribution in [3.8, 4) is 0 Å². The molecule has 0 bridgehead atoms. The molecular formula is C40H49IrN2O2Si-. The minimum Gasteiger partial charge on any atom is -0.512 e. The zero-order chi connectivity index (χ0) is 32.7. The Balaban J connectivity index is 0.000000234. The first-order chi connectivity index (χ1) is 21.4. The molecule has 0 saturated heterocycles. The number of nitrogens with zero attached hydrogens (tertiary/aromatic N) is 2. The van der Waals surface area contributed by atoms with Crippen LogP contribution in [0.25, 0.3) is 49.0 Å². The number of carbonyl (C=O) groups is 1. The molecule has 3 heterocycles. The third-order valence-corrected chi connectivity index (χ3v) is 12.3. The quantitative estimate of drug-likeness (QED) is 0.0395. The van der Waals surface area contributed by atoms with Gasteiger partial charge in [0.25, 0.3) is 0 Å². The Hall–Kier alpha value is -3.05. The van der Waals surface area contributed by atoms with Gasteiger partial charge in [0, 0.05) is 54.7 Å². The van der Waals surface area contributed by atoms with E-state index in [1.54, 1.807) is 0 Å². The van der Waals surface area contributed by atoms with Gasteiger partial charge in [-0.3, -0.25) is 4.79 Å². The molecule has 0 fully saturated rings. The third kappa shape index (κ3) is 6.17. The molecule has 6 rings (SSSR count). The molecule has 0 aliphatic carbocycles. The van der Waals surface area contributed by atoms with Crippen molar-refractivity contribution in [1.29, 1.82) is 0 Å². The summed E-state index contributed by atoms with van der Waals surface area (Å²) in [5, 5.41) is 17.7. The van der Waals surface area contributed by atoms with Crippen LogP contribution in [0, 0.1) is 24.3 Å². The van der Waals surface area contributed by atoms with Gasteiger partial charge in [-0.1, -0.05) is 101 Å². The van der Waals surface area contributed by atoms with Gasteiger partial charge in [0.05, 0.1) is 13.8 Å². The predicted molar refractivity (Wildman–Crippen MR) is 196 cm³/mol. The Morgan fingerprint density at radius 2 is 1.61 bits per heavy atom. The maximum atomic E-state index is 12.3. The molecule has 0 unspecified atom stereocenters. The second-order valence-electron chi connectivity index (χ2n) is 13.7. The van der Waals surface area contributed by atoms with E-state index in [-0.39, 0.29) is 43.0 Å². The smallest absolute Gasteiger partial charge is 0.165 e. The molecule has 245 valence electrons. The monoisotopic (exact) mass is 810 g/mol. The number of hydrogen-bond donors (Lipinski definition) is 1. The van der Waals surface area contributed by atoms with Crippen LogP contribution in [0.2, 0.25) is 19.6 Å². The third-order valence-electron chi connectivity index (χ3n) is 10.3. The van der Waals surface area contributed by atoms with Crippen LogP contribution in [0.15, 0.2) is 66.6 Å². The van der Waals surface area contributed by atoms with Crippen LogP contribution in [-0.4, -0.2) is 28.3 Å². The van der Waals surface area contributed by atoms with Gasteiger partial charge >= 0.3 is 0 Å². The molecule has 4 nitrogen and oxygen atoms in total. The van der Waals surface area contributed by atoms with Crippen molar-refractivity contribution < 1.29 is 30.0 Å². The van der Waals surface area contributed by atoms with Gasteiger partial charge in [-0.15, -0.1) is 17.7 Å². The van der Waals surface area contributed by atoms with E-state index in [0.29, 0.717) is 0 Å². The second kappa shape index (κ2) is 14.0. The molecule has 6 heteroatoms. The molecule has 46 heavy (non-hydrogen) atoms. The van der Waals surface area contributed by atoms with Gasteiger partial charge in [-0.25, -0.2) is 0 Å². The van der Waals surface area contributed by atoms with E-state index in [2.05, 4.69) is 85.6 Å². The maximum Gasteiger partial charge on any atom is 0.165 e. The van der Waals surface area contributed by atoms with E-state index in [0.717, 1.165) is 48.6 Å². The number of pyridine rings is 2. The fourth-order valence-corrected chi connectivity index (χ4v) is 8.22. The molecule has 0 spiro atoms. The van der Waals surface area contributed by atoms with E-state index < -0.39 is 8.07 Å². The molecule has 3 aromatic heterocycles. The Bertz CT molecular complexity index is 2020. The molecule has 0 amide bonds. The molecule has 0 aliphatic heterocycles. The minimum absolute atomic E-state index is 0. The van der Waals surface area contributed by atoms with Crippen LogP contribution in [0.5, 0.6) is 0 Å². The summed E-state index contributed by atoms with van der Waals surface area (Å²) in [4.78, 5) is 17.1. The normalized spacial score (nSPS) is 12.8. The summed E-state index contributed by atoms with van der Waals surface area (Å²) in [6.45, 7) is 19.6. The minimum atomic E-state index is -1.46. The number of carbonyl (C=O) groups excluding carboxylic acids is 1. The summed E-state index contributed by atoms with van der Waals surface area (Å²) < 4.78 is 2.45. The number of aliphatic hydroxyl groups excluding tert-OH is 1. The van der Waals surface area contributed by atoms with Crippen LogP contribution in [-0.2, 0) is 24.9 Å². The second-order valence-corrected chi connectivity index (χ2v) is 18.8. The van der Waals surface area contributed by atoms with Crippen molar-refractivity contribution in [2.24, 2.45) is 11.3 Å². The van der Waals surface area contributed by atoms with E-state index in [1.807, 2.05) is 40.8 Å². The van der Waals surface area contributed by atoms with E-state index >= 15 is 0 Å². The van der Waals surface area contributed by atoms with Crippen molar-refractivity contribution in [2.45, 2.75) is 93.3 Å². The topological polar surface area (TPSA) is 54.6 Å². The van der Waals surface area contributed by atoms with Crippen molar-refractivity contribution in [2.75, 3.05) is 0 Å². The Labute approximate surface area is 289 Å².